The molecule has 0 spiro atoms. The van der Waals surface area contributed by atoms with Crippen molar-refractivity contribution in [3.05, 3.63) is 123 Å². The van der Waals surface area contributed by atoms with Crippen molar-refractivity contribution in [1.82, 2.24) is 10.5 Å². The third-order valence-corrected chi connectivity index (χ3v) is 7.32. The van der Waals surface area contributed by atoms with Gasteiger partial charge in [-0.05, 0) is 97.1 Å². The average Bonchev–Trinajstić information content (AvgIpc) is 3.11. The number of amides is 1. The van der Waals surface area contributed by atoms with E-state index in [1.807, 2.05) is 18.2 Å². The lowest BCUT2D eigenvalue weighted by atomic mass is 9.93. The van der Waals surface area contributed by atoms with E-state index in [4.69, 9.17) is 5.21 Å². The minimum atomic E-state index is -2.84. The maximum atomic E-state index is 14.3. The molecule has 4 rings (SSSR count). The number of benzene rings is 1. The van der Waals surface area contributed by atoms with Crippen molar-refractivity contribution in [2.24, 2.45) is 0 Å². The highest BCUT2D eigenvalue weighted by Crippen LogP contribution is 2.33. The van der Waals surface area contributed by atoms with Crippen LogP contribution in [0.4, 0.5) is 17.6 Å². The highest BCUT2D eigenvalue weighted by molar-refractivity contribution is 5.92. The summed E-state index contributed by atoms with van der Waals surface area (Å²) in [4.78, 5) is 16.2. The summed E-state index contributed by atoms with van der Waals surface area (Å²) in [5.74, 6) is -4.81. The van der Waals surface area contributed by atoms with Gasteiger partial charge >= 0.3 is 0 Å². The Morgan fingerprint density at radius 3 is 2.66 bits per heavy atom. The van der Waals surface area contributed by atoms with E-state index in [1.54, 1.807) is 29.9 Å². The van der Waals surface area contributed by atoms with Crippen molar-refractivity contribution in [3.63, 3.8) is 0 Å². The molecule has 0 unspecified atom stereocenters. The Balaban J connectivity index is 1.51. The van der Waals surface area contributed by atoms with Gasteiger partial charge in [0.05, 0.1) is 0 Å². The number of carbonyl (C=O) groups is 1. The molecule has 0 saturated heterocycles. The van der Waals surface area contributed by atoms with Gasteiger partial charge in [-0.1, -0.05) is 42.9 Å². The summed E-state index contributed by atoms with van der Waals surface area (Å²) in [5.41, 5.74) is 9.56. The highest BCUT2D eigenvalue weighted by atomic mass is 19.3. The van der Waals surface area contributed by atoms with Gasteiger partial charge in [0, 0.05) is 24.3 Å². The number of aromatic nitrogens is 1. The van der Waals surface area contributed by atoms with Crippen molar-refractivity contribution in [3.8, 4) is 0 Å². The van der Waals surface area contributed by atoms with Crippen LogP contribution < -0.4 is 5.48 Å². The number of unbranched alkanes of at least 4 members (excludes halogenated alkanes) is 1. The summed E-state index contributed by atoms with van der Waals surface area (Å²) in [5, 5.41) is 9.09. The molecule has 2 aliphatic rings. The smallest absolute Gasteiger partial charge is 0.288 e. The number of fused-ring (bicyclic) bond motifs is 1. The van der Waals surface area contributed by atoms with E-state index in [9.17, 15) is 22.4 Å². The molecule has 0 atom stereocenters. The standard InChI is InChI=1S/C33H32F4N2O2/c1-2-33(36,37)27-10-6-4-8-22(12-15-27)7-3-5-9-24-13-11-23(17-25-14-16-28(34)19-30(25)35)18-26-21-38-31(20-29(24)26)32(40)39-41/h6,8,11-16,19-21,41H,2-3,5,7,9-10,17-18H2,1H3,(H,39,40). The first-order valence-corrected chi connectivity index (χ1v) is 13.7. The number of alkyl halides is 2. The molecule has 2 aromatic rings. The molecule has 0 fully saturated rings. The van der Waals surface area contributed by atoms with Gasteiger partial charge in [0.1, 0.15) is 17.3 Å². The largest absolute Gasteiger partial charge is 0.293 e. The first-order valence-electron chi connectivity index (χ1n) is 13.7. The van der Waals surface area contributed by atoms with E-state index >= 15 is 0 Å². The van der Waals surface area contributed by atoms with E-state index < -0.39 is 23.5 Å². The van der Waals surface area contributed by atoms with Crippen molar-refractivity contribution in [2.45, 2.75) is 64.2 Å². The number of nitrogens with zero attached hydrogens (tertiary/aromatic N) is 1. The zero-order valence-electron chi connectivity index (χ0n) is 22.8. The van der Waals surface area contributed by atoms with E-state index in [1.165, 1.54) is 25.1 Å². The van der Waals surface area contributed by atoms with E-state index in [0.717, 1.165) is 46.8 Å². The summed E-state index contributed by atoms with van der Waals surface area (Å²) in [6, 6.07) is 5.16. The van der Waals surface area contributed by atoms with E-state index in [-0.39, 0.29) is 30.5 Å². The zero-order chi connectivity index (χ0) is 29.4. The predicted molar refractivity (Wildman–Crippen MR) is 150 cm³/mol. The third kappa shape index (κ3) is 7.81. The third-order valence-electron chi connectivity index (χ3n) is 7.32. The molecule has 0 aliphatic heterocycles. The topological polar surface area (TPSA) is 62.2 Å². The molecule has 0 radical (unpaired) electrons. The first-order chi connectivity index (χ1) is 19.7. The normalized spacial score (nSPS) is 15.1. The predicted octanol–water partition coefficient (Wildman–Crippen LogP) is 8.16. The Morgan fingerprint density at radius 2 is 1.90 bits per heavy atom. The summed E-state index contributed by atoms with van der Waals surface area (Å²) in [7, 11) is 0. The van der Waals surface area contributed by atoms with Crippen molar-refractivity contribution in [1.29, 1.82) is 0 Å². The molecule has 0 saturated carbocycles. The van der Waals surface area contributed by atoms with Gasteiger partial charge in [-0.15, -0.1) is 5.73 Å². The highest BCUT2D eigenvalue weighted by Gasteiger charge is 2.30. The van der Waals surface area contributed by atoms with Crippen molar-refractivity contribution >= 4 is 11.5 Å². The Bertz CT molecular complexity index is 1490. The lowest BCUT2D eigenvalue weighted by Crippen LogP contribution is -2.20. The molecule has 214 valence electrons. The number of rotatable bonds is 10. The second kappa shape index (κ2) is 13.6. The summed E-state index contributed by atoms with van der Waals surface area (Å²) < 4.78 is 56.1. The summed E-state index contributed by atoms with van der Waals surface area (Å²) >= 11 is 0. The van der Waals surface area contributed by atoms with Crippen LogP contribution in [0.2, 0.25) is 0 Å². The lowest BCUT2D eigenvalue weighted by Gasteiger charge is -2.17. The van der Waals surface area contributed by atoms with Crippen LogP contribution in [-0.4, -0.2) is 22.0 Å². The van der Waals surface area contributed by atoms with Gasteiger partial charge in [-0.3, -0.25) is 15.0 Å². The maximum absolute atomic E-state index is 14.3. The quantitative estimate of drug-likeness (QED) is 0.101. The van der Waals surface area contributed by atoms with Gasteiger partial charge in [-0.25, -0.2) is 23.0 Å². The van der Waals surface area contributed by atoms with Crippen LogP contribution in [0.15, 0.2) is 89.4 Å². The van der Waals surface area contributed by atoms with Gasteiger partial charge in [0.15, 0.2) is 0 Å². The number of carbonyl (C=O) groups excluding carboxylic acids is 1. The fourth-order valence-electron chi connectivity index (χ4n) is 4.92. The number of pyridine rings is 1. The summed E-state index contributed by atoms with van der Waals surface area (Å²) in [6.07, 6.45) is 15.8. The molecule has 41 heavy (non-hydrogen) atoms. The second-order valence-electron chi connectivity index (χ2n) is 10.2. The molecular weight excluding hydrogens is 532 g/mol. The van der Waals surface area contributed by atoms with Crippen LogP contribution in [0.3, 0.4) is 0 Å². The van der Waals surface area contributed by atoms with Crippen LogP contribution in [0, 0.1) is 11.6 Å². The fraction of sp³-hybridized carbons (Fsp3) is 0.303. The number of nitrogens with one attached hydrogen (secondary N) is 1. The van der Waals surface area contributed by atoms with E-state index in [2.05, 4.69) is 10.7 Å². The van der Waals surface area contributed by atoms with Crippen LogP contribution in [0.25, 0.3) is 5.57 Å². The second-order valence-corrected chi connectivity index (χ2v) is 10.2. The van der Waals surface area contributed by atoms with Crippen LogP contribution in [0.5, 0.6) is 0 Å². The molecule has 2 N–H and O–H groups in total. The Morgan fingerprint density at radius 1 is 1.10 bits per heavy atom. The Kier molecular flexibility index (Phi) is 9.92. The van der Waals surface area contributed by atoms with Crippen molar-refractivity contribution in [2.75, 3.05) is 0 Å². The zero-order valence-corrected chi connectivity index (χ0v) is 22.8. The van der Waals surface area contributed by atoms with Crippen LogP contribution in [-0.2, 0) is 12.8 Å². The summed E-state index contributed by atoms with van der Waals surface area (Å²) in [6.45, 7) is 1.47. The Labute approximate surface area is 237 Å². The van der Waals surface area contributed by atoms with E-state index in [0.29, 0.717) is 24.8 Å². The average molecular weight is 565 g/mol. The molecule has 1 amide bonds. The van der Waals surface area contributed by atoms with Gasteiger partial charge in [0.25, 0.3) is 11.8 Å². The Hall–Kier alpha value is -4.00. The van der Waals surface area contributed by atoms with Gasteiger partial charge in [0.2, 0.25) is 0 Å². The minimum absolute atomic E-state index is 0.0632. The van der Waals surface area contributed by atoms with Crippen LogP contribution >= 0.6 is 0 Å². The minimum Gasteiger partial charge on any atom is -0.288 e. The van der Waals surface area contributed by atoms with Crippen molar-refractivity contribution < 1.29 is 27.6 Å². The number of allylic oxidation sites excluding steroid dienone is 9. The molecule has 1 aromatic carbocycles. The SMILES string of the molecule is CCC(F)(F)C1=CC=C(CCCCC2=CC=C(Cc3ccc(F)cc3F)Cc3cnc(C(=O)NO)cc32)C=C=CC1. The maximum Gasteiger partial charge on any atom is 0.293 e. The van der Waals surface area contributed by atoms with Crippen LogP contribution in [0.1, 0.15) is 72.6 Å². The molecule has 8 heteroatoms. The molecule has 4 nitrogen and oxygen atoms in total. The lowest BCUT2D eigenvalue weighted by molar-refractivity contribution is 0.0356. The molecular formula is C33H32F4N2O2. The molecule has 2 aliphatic carbocycles. The number of hydroxylamine groups is 1. The molecule has 1 aromatic heterocycles. The van der Waals surface area contributed by atoms with Gasteiger partial charge in [-0.2, -0.15) is 0 Å². The number of halogens is 4. The first kappa shape index (κ1) is 30.0. The molecule has 1 heterocycles. The van der Waals surface area contributed by atoms with Gasteiger partial charge < -0.3 is 0 Å². The number of hydrogen-bond donors (Lipinski definition) is 2. The monoisotopic (exact) mass is 564 g/mol. The molecule has 0 bridgehead atoms. The fourth-order valence-corrected chi connectivity index (χ4v) is 4.92. The number of hydrogen-bond acceptors (Lipinski definition) is 3.